The predicted octanol–water partition coefficient (Wildman–Crippen LogP) is 9.82. The summed E-state index contributed by atoms with van der Waals surface area (Å²) in [5.41, 5.74) is 6.53. The van der Waals surface area contributed by atoms with Crippen LogP contribution in [0.5, 0.6) is 0 Å². The first-order chi connectivity index (χ1) is 27.8. The van der Waals surface area contributed by atoms with Gasteiger partial charge in [0.1, 0.15) is 11.2 Å². The van der Waals surface area contributed by atoms with Crippen LogP contribution >= 0.6 is 0 Å². The Kier molecular flexibility index (Phi) is 8.47. The van der Waals surface area contributed by atoms with Crippen molar-refractivity contribution < 1.29 is 4.42 Å². The van der Waals surface area contributed by atoms with Crippen molar-refractivity contribution in [3.05, 3.63) is 212 Å². The molecule has 0 N–H and O–H groups in total. The first-order valence-corrected chi connectivity index (χ1v) is 20.9. The van der Waals surface area contributed by atoms with Crippen molar-refractivity contribution in [3.63, 3.8) is 0 Å². The smallest absolute Gasteiger partial charge is 0.179 e. The second-order valence-electron chi connectivity index (χ2n) is 13.9. The lowest BCUT2D eigenvalue weighted by Gasteiger charge is -2.34. The standard InChI is InChI=1S/C51H35N3OSi/c1-5-19-36(20-6-1)42-29-13-14-30-43(42)50-52-49(53-51(54-50)45-32-18-34-47-48(45)44-31-15-16-33-46(44)55-47)37-21-17-28-41(35-37)56(38-22-7-2-8-23-38,39-24-9-3-10-25-39)40-26-11-4-12-27-40/h1-35H. The van der Waals surface area contributed by atoms with E-state index in [4.69, 9.17) is 19.4 Å². The number of hydrogen-bond acceptors (Lipinski definition) is 4. The van der Waals surface area contributed by atoms with Crippen molar-refractivity contribution >= 4 is 50.8 Å². The molecule has 10 rings (SSSR count). The zero-order valence-corrected chi connectivity index (χ0v) is 31.5. The third-order valence-electron chi connectivity index (χ3n) is 10.7. The van der Waals surface area contributed by atoms with Crippen LogP contribution in [0.4, 0.5) is 0 Å². The molecular formula is C51H35N3OSi. The maximum atomic E-state index is 6.33. The minimum atomic E-state index is -2.81. The molecule has 5 heteroatoms. The first-order valence-electron chi connectivity index (χ1n) is 18.9. The van der Waals surface area contributed by atoms with E-state index in [1.165, 1.54) is 20.7 Å². The van der Waals surface area contributed by atoms with Gasteiger partial charge < -0.3 is 4.42 Å². The van der Waals surface area contributed by atoms with Gasteiger partial charge in [-0.3, -0.25) is 0 Å². The van der Waals surface area contributed by atoms with Gasteiger partial charge in [-0.15, -0.1) is 0 Å². The molecule has 0 aliphatic carbocycles. The van der Waals surface area contributed by atoms with Crippen molar-refractivity contribution in [2.24, 2.45) is 0 Å². The molecule has 10 aromatic rings. The second-order valence-corrected chi connectivity index (χ2v) is 17.7. The molecule has 4 nitrogen and oxygen atoms in total. The molecule has 0 amide bonds. The van der Waals surface area contributed by atoms with Crippen LogP contribution in [0, 0.1) is 0 Å². The van der Waals surface area contributed by atoms with Crippen LogP contribution in [0.25, 0.3) is 67.2 Å². The summed E-state index contributed by atoms with van der Waals surface area (Å²) in [6, 6.07) is 74.9. The van der Waals surface area contributed by atoms with Gasteiger partial charge in [-0.2, -0.15) is 0 Å². The molecule has 0 atom stereocenters. The van der Waals surface area contributed by atoms with Crippen molar-refractivity contribution in [1.29, 1.82) is 0 Å². The molecule has 0 fully saturated rings. The monoisotopic (exact) mass is 733 g/mol. The van der Waals surface area contributed by atoms with E-state index in [1.54, 1.807) is 0 Å². The Hall–Kier alpha value is -7.21. The topological polar surface area (TPSA) is 51.8 Å². The fourth-order valence-electron chi connectivity index (χ4n) is 8.21. The van der Waals surface area contributed by atoms with Crippen LogP contribution in [-0.2, 0) is 0 Å². The second kappa shape index (κ2) is 14.2. The molecule has 0 aliphatic rings. The van der Waals surface area contributed by atoms with Gasteiger partial charge in [0.15, 0.2) is 25.5 Å². The highest BCUT2D eigenvalue weighted by Crippen LogP contribution is 2.37. The number of hydrogen-bond donors (Lipinski definition) is 0. The van der Waals surface area contributed by atoms with Crippen molar-refractivity contribution in [3.8, 4) is 45.3 Å². The van der Waals surface area contributed by atoms with Gasteiger partial charge >= 0.3 is 0 Å². The Morgan fingerprint density at radius 2 is 0.768 bits per heavy atom. The van der Waals surface area contributed by atoms with Gasteiger partial charge in [-0.1, -0.05) is 200 Å². The molecule has 2 heterocycles. The maximum Gasteiger partial charge on any atom is 0.179 e. The molecule has 0 aliphatic heterocycles. The summed E-state index contributed by atoms with van der Waals surface area (Å²) in [7, 11) is -2.81. The van der Waals surface area contributed by atoms with Gasteiger partial charge in [-0.05, 0) is 44.0 Å². The number of para-hydroxylation sites is 1. The van der Waals surface area contributed by atoms with Crippen LogP contribution in [0.3, 0.4) is 0 Å². The zero-order valence-electron chi connectivity index (χ0n) is 30.5. The van der Waals surface area contributed by atoms with Crippen LogP contribution in [0.15, 0.2) is 217 Å². The molecular weight excluding hydrogens is 699 g/mol. The minimum absolute atomic E-state index is 0.591. The van der Waals surface area contributed by atoms with Crippen LogP contribution in [0.2, 0.25) is 0 Å². The third kappa shape index (κ3) is 5.73. The predicted molar refractivity (Wildman–Crippen MR) is 232 cm³/mol. The van der Waals surface area contributed by atoms with Crippen LogP contribution in [0.1, 0.15) is 0 Å². The number of furan rings is 1. The Morgan fingerprint density at radius 3 is 1.43 bits per heavy atom. The van der Waals surface area contributed by atoms with Gasteiger partial charge in [0, 0.05) is 27.5 Å². The Labute approximate surface area is 326 Å². The van der Waals surface area contributed by atoms with E-state index in [-0.39, 0.29) is 0 Å². The van der Waals surface area contributed by atoms with Crippen molar-refractivity contribution in [1.82, 2.24) is 15.0 Å². The quantitative estimate of drug-likeness (QED) is 0.115. The van der Waals surface area contributed by atoms with E-state index in [0.717, 1.165) is 49.8 Å². The Balaban J connectivity index is 1.25. The molecule has 264 valence electrons. The average Bonchev–Trinajstić information content (AvgIpc) is 3.67. The van der Waals surface area contributed by atoms with Gasteiger partial charge in [0.25, 0.3) is 0 Å². The molecule has 0 saturated heterocycles. The molecule has 56 heavy (non-hydrogen) atoms. The van der Waals surface area contributed by atoms with E-state index in [9.17, 15) is 0 Å². The maximum absolute atomic E-state index is 6.33. The van der Waals surface area contributed by atoms with Crippen molar-refractivity contribution in [2.45, 2.75) is 0 Å². The zero-order chi connectivity index (χ0) is 37.3. The van der Waals surface area contributed by atoms with E-state index >= 15 is 0 Å². The Morgan fingerprint density at radius 1 is 0.321 bits per heavy atom. The summed E-state index contributed by atoms with van der Waals surface area (Å²) >= 11 is 0. The lowest BCUT2D eigenvalue weighted by molar-refractivity contribution is 0.669. The fourth-order valence-corrected chi connectivity index (χ4v) is 13.0. The molecule has 0 radical (unpaired) electrons. The molecule has 0 unspecified atom stereocenters. The molecule has 2 aromatic heterocycles. The SMILES string of the molecule is c1ccc(-c2ccccc2-c2nc(-c3cccc([Si](c4ccccc4)(c4ccccc4)c4ccccc4)c3)nc(-c3cccc4oc5ccccc5c34)n2)cc1. The van der Waals surface area contributed by atoms with Gasteiger partial charge in [0.2, 0.25) is 0 Å². The normalized spacial score (nSPS) is 11.6. The summed E-state index contributed by atoms with van der Waals surface area (Å²) in [5, 5.41) is 7.18. The lowest BCUT2D eigenvalue weighted by atomic mass is 9.99. The summed E-state index contributed by atoms with van der Waals surface area (Å²) in [5.74, 6) is 1.81. The number of rotatable bonds is 8. The molecule has 0 spiro atoms. The largest absolute Gasteiger partial charge is 0.456 e. The average molecular weight is 734 g/mol. The lowest BCUT2D eigenvalue weighted by Crippen LogP contribution is -2.74. The first kappa shape index (κ1) is 33.4. The molecule has 8 aromatic carbocycles. The summed E-state index contributed by atoms with van der Waals surface area (Å²) < 4.78 is 6.33. The summed E-state index contributed by atoms with van der Waals surface area (Å²) in [4.78, 5) is 15.9. The van der Waals surface area contributed by atoms with E-state index in [1.807, 2.05) is 36.4 Å². The highest BCUT2D eigenvalue weighted by Gasteiger charge is 2.41. The van der Waals surface area contributed by atoms with E-state index < -0.39 is 8.07 Å². The van der Waals surface area contributed by atoms with Crippen molar-refractivity contribution in [2.75, 3.05) is 0 Å². The highest BCUT2D eigenvalue weighted by molar-refractivity contribution is 7.19. The summed E-state index contributed by atoms with van der Waals surface area (Å²) in [6.45, 7) is 0. The number of fused-ring (bicyclic) bond motifs is 3. The van der Waals surface area contributed by atoms with E-state index in [2.05, 4.69) is 176 Å². The molecule has 0 saturated carbocycles. The fraction of sp³-hybridized carbons (Fsp3) is 0. The third-order valence-corrected chi connectivity index (χ3v) is 15.5. The number of aromatic nitrogens is 3. The van der Waals surface area contributed by atoms with Crippen LogP contribution in [-0.4, -0.2) is 23.0 Å². The van der Waals surface area contributed by atoms with Gasteiger partial charge in [-0.25, -0.2) is 15.0 Å². The number of nitrogens with zero attached hydrogens (tertiary/aromatic N) is 3. The number of benzene rings is 8. The summed E-state index contributed by atoms with van der Waals surface area (Å²) in [6.07, 6.45) is 0. The van der Waals surface area contributed by atoms with E-state index in [0.29, 0.717) is 17.5 Å². The highest BCUT2D eigenvalue weighted by atomic mass is 28.3. The molecule has 0 bridgehead atoms. The minimum Gasteiger partial charge on any atom is -0.456 e. The Bertz CT molecular complexity index is 2870. The van der Waals surface area contributed by atoms with Gasteiger partial charge in [0.05, 0.1) is 0 Å². The van der Waals surface area contributed by atoms with Crippen LogP contribution < -0.4 is 20.7 Å².